The standard InChI is InChI=1S/C15H21N3O2/c1-3-7-16-15(19)13-4-5-14(17-9-13)18(2)10-12-6-8-20-11-12/h3-5,9,12H,1,6-8,10-11H2,2H3,(H,16,19)/t12-/m1/s1. The van der Waals surface area contributed by atoms with E-state index in [1.807, 2.05) is 13.1 Å². The number of aromatic nitrogens is 1. The molecule has 2 heterocycles. The number of amides is 1. The van der Waals surface area contributed by atoms with Crippen molar-refractivity contribution in [2.75, 3.05) is 38.3 Å². The summed E-state index contributed by atoms with van der Waals surface area (Å²) >= 11 is 0. The fourth-order valence-corrected chi connectivity index (χ4v) is 2.22. The predicted molar refractivity (Wildman–Crippen MR) is 79.0 cm³/mol. The number of anilines is 1. The topological polar surface area (TPSA) is 54.5 Å². The van der Waals surface area contributed by atoms with Gasteiger partial charge in [-0.1, -0.05) is 6.08 Å². The van der Waals surface area contributed by atoms with E-state index < -0.39 is 0 Å². The minimum atomic E-state index is -0.129. The van der Waals surface area contributed by atoms with Crippen LogP contribution < -0.4 is 10.2 Å². The number of ether oxygens (including phenoxy) is 1. The number of nitrogens with one attached hydrogen (secondary N) is 1. The maximum absolute atomic E-state index is 11.7. The molecule has 1 aromatic heterocycles. The van der Waals surface area contributed by atoms with E-state index in [4.69, 9.17) is 4.74 Å². The molecule has 0 radical (unpaired) electrons. The van der Waals surface area contributed by atoms with Crippen LogP contribution in [0.15, 0.2) is 31.0 Å². The molecule has 1 atom stereocenters. The quantitative estimate of drug-likeness (QED) is 0.799. The first kappa shape index (κ1) is 14.5. The van der Waals surface area contributed by atoms with Crippen molar-refractivity contribution in [1.29, 1.82) is 0 Å². The van der Waals surface area contributed by atoms with E-state index in [-0.39, 0.29) is 5.91 Å². The summed E-state index contributed by atoms with van der Waals surface area (Å²) < 4.78 is 5.37. The first-order valence-electron chi connectivity index (χ1n) is 6.84. The van der Waals surface area contributed by atoms with E-state index in [9.17, 15) is 4.79 Å². The minimum Gasteiger partial charge on any atom is -0.381 e. The Kier molecular flexibility index (Phi) is 5.12. The molecule has 108 valence electrons. The molecular formula is C15H21N3O2. The molecule has 20 heavy (non-hydrogen) atoms. The summed E-state index contributed by atoms with van der Waals surface area (Å²) in [4.78, 5) is 18.2. The Morgan fingerprint density at radius 3 is 3.10 bits per heavy atom. The molecule has 0 bridgehead atoms. The molecule has 0 spiro atoms. The van der Waals surface area contributed by atoms with Crippen molar-refractivity contribution in [3.63, 3.8) is 0 Å². The molecule has 1 aromatic rings. The van der Waals surface area contributed by atoms with Crippen LogP contribution in [0.5, 0.6) is 0 Å². The van der Waals surface area contributed by atoms with Crippen LogP contribution in [0.4, 0.5) is 5.82 Å². The lowest BCUT2D eigenvalue weighted by Crippen LogP contribution is -2.27. The summed E-state index contributed by atoms with van der Waals surface area (Å²) in [5, 5.41) is 2.73. The van der Waals surface area contributed by atoms with Crippen molar-refractivity contribution in [3.8, 4) is 0 Å². The van der Waals surface area contributed by atoms with Gasteiger partial charge in [0.1, 0.15) is 5.82 Å². The maximum Gasteiger partial charge on any atom is 0.253 e. The summed E-state index contributed by atoms with van der Waals surface area (Å²) in [6, 6.07) is 3.67. The number of carbonyl (C=O) groups is 1. The van der Waals surface area contributed by atoms with Crippen molar-refractivity contribution in [3.05, 3.63) is 36.5 Å². The molecule has 0 aliphatic carbocycles. The molecule has 1 N–H and O–H groups in total. The molecule has 0 aromatic carbocycles. The summed E-state index contributed by atoms with van der Waals surface area (Å²) in [7, 11) is 2.01. The zero-order chi connectivity index (χ0) is 14.4. The van der Waals surface area contributed by atoms with E-state index in [1.165, 1.54) is 0 Å². The summed E-state index contributed by atoms with van der Waals surface area (Å²) in [5.41, 5.74) is 0.563. The lowest BCUT2D eigenvalue weighted by Gasteiger charge is -2.21. The number of nitrogens with zero attached hydrogens (tertiary/aromatic N) is 2. The zero-order valence-corrected chi connectivity index (χ0v) is 11.8. The molecule has 1 saturated heterocycles. The van der Waals surface area contributed by atoms with E-state index in [1.54, 1.807) is 18.3 Å². The summed E-state index contributed by atoms with van der Waals surface area (Å²) in [6.07, 6.45) is 4.36. The van der Waals surface area contributed by atoms with Gasteiger partial charge in [-0.25, -0.2) is 4.98 Å². The second-order valence-corrected chi connectivity index (χ2v) is 5.01. The van der Waals surface area contributed by atoms with E-state index in [2.05, 4.69) is 21.8 Å². The highest BCUT2D eigenvalue weighted by atomic mass is 16.5. The third kappa shape index (κ3) is 3.81. The van der Waals surface area contributed by atoms with Crippen molar-refractivity contribution in [1.82, 2.24) is 10.3 Å². The van der Waals surface area contributed by atoms with Gasteiger partial charge >= 0.3 is 0 Å². The Labute approximate surface area is 119 Å². The normalized spacial score (nSPS) is 17.8. The van der Waals surface area contributed by atoms with Crippen LogP contribution in [0.25, 0.3) is 0 Å². The molecule has 5 heteroatoms. The Bertz CT molecular complexity index is 453. The van der Waals surface area contributed by atoms with Gasteiger partial charge in [0.2, 0.25) is 0 Å². The smallest absolute Gasteiger partial charge is 0.253 e. The number of pyridine rings is 1. The van der Waals surface area contributed by atoms with Crippen LogP contribution in [-0.4, -0.2) is 44.2 Å². The van der Waals surface area contributed by atoms with Gasteiger partial charge in [-0.15, -0.1) is 6.58 Å². The van der Waals surface area contributed by atoms with E-state index in [0.717, 1.165) is 32.0 Å². The first-order chi connectivity index (χ1) is 9.70. The molecule has 2 rings (SSSR count). The van der Waals surface area contributed by atoms with Crippen LogP contribution >= 0.6 is 0 Å². The highest BCUT2D eigenvalue weighted by Gasteiger charge is 2.18. The van der Waals surface area contributed by atoms with Crippen molar-refractivity contribution in [2.24, 2.45) is 5.92 Å². The van der Waals surface area contributed by atoms with Crippen LogP contribution in [0.2, 0.25) is 0 Å². The highest BCUT2D eigenvalue weighted by molar-refractivity contribution is 5.94. The van der Waals surface area contributed by atoms with Crippen molar-refractivity contribution in [2.45, 2.75) is 6.42 Å². The van der Waals surface area contributed by atoms with Crippen molar-refractivity contribution >= 4 is 11.7 Å². The average Bonchev–Trinajstić information content (AvgIpc) is 2.97. The Morgan fingerprint density at radius 2 is 2.50 bits per heavy atom. The van der Waals surface area contributed by atoms with Gasteiger partial charge in [-0.3, -0.25) is 4.79 Å². The third-order valence-electron chi connectivity index (χ3n) is 3.36. The SMILES string of the molecule is C=CCNC(=O)c1ccc(N(C)C[C@H]2CCOC2)nc1. The number of hydrogen-bond acceptors (Lipinski definition) is 4. The fourth-order valence-electron chi connectivity index (χ4n) is 2.22. The van der Waals surface area contributed by atoms with Crippen molar-refractivity contribution < 1.29 is 9.53 Å². The van der Waals surface area contributed by atoms with Gasteiger partial charge in [-0.05, 0) is 18.6 Å². The lowest BCUT2D eigenvalue weighted by molar-refractivity contribution is 0.0957. The molecule has 5 nitrogen and oxygen atoms in total. The second-order valence-electron chi connectivity index (χ2n) is 5.01. The van der Waals surface area contributed by atoms with Gasteiger partial charge in [0.25, 0.3) is 5.91 Å². The van der Waals surface area contributed by atoms with Gasteiger partial charge in [0.15, 0.2) is 0 Å². The Morgan fingerprint density at radius 1 is 1.65 bits per heavy atom. The summed E-state index contributed by atoms with van der Waals surface area (Å²) in [6.45, 7) is 6.63. The first-order valence-corrected chi connectivity index (χ1v) is 6.84. The van der Waals surface area contributed by atoms with Crippen LogP contribution in [0, 0.1) is 5.92 Å². The van der Waals surface area contributed by atoms with Crippen LogP contribution in [-0.2, 0) is 4.74 Å². The summed E-state index contributed by atoms with van der Waals surface area (Å²) in [5.74, 6) is 1.31. The fraction of sp³-hybridized carbons (Fsp3) is 0.467. The largest absolute Gasteiger partial charge is 0.381 e. The van der Waals surface area contributed by atoms with Crippen LogP contribution in [0.3, 0.4) is 0 Å². The number of hydrogen-bond donors (Lipinski definition) is 1. The third-order valence-corrected chi connectivity index (χ3v) is 3.36. The number of rotatable bonds is 6. The molecule has 0 saturated carbocycles. The second kappa shape index (κ2) is 7.05. The van der Waals surface area contributed by atoms with Gasteiger partial charge in [-0.2, -0.15) is 0 Å². The molecule has 1 aliphatic rings. The maximum atomic E-state index is 11.7. The highest BCUT2D eigenvalue weighted by Crippen LogP contribution is 2.17. The molecule has 1 aliphatic heterocycles. The van der Waals surface area contributed by atoms with Gasteiger partial charge < -0.3 is 15.0 Å². The average molecular weight is 275 g/mol. The van der Waals surface area contributed by atoms with Gasteiger partial charge in [0.05, 0.1) is 12.2 Å². The molecule has 1 fully saturated rings. The Hall–Kier alpha value is -1.88. The lowest BCUT2D eigenvalue weighted by atomic mass is 10.1. The molecular weight excluding hydrogens is 254 g/mol. The van der Waals surface area contributed by atoms with E-state index >= 15 is 0 Å². The zero-order valence-electron chi connectivity index (χ0n) is 11.8. The van der Waals surface area contributed by atoms with Gasteiger partial charge in [0, 0.05) is 38.9 Å². The monoisotopic (exact) mass is 275 g/mol. The predicted octanol–water partition coefficient (Wildman–Crippen LogP) is 1.47. The minimum absolute atomic E-state index is 0.129. The Balaban J connectivity index is 1.92. The molecule has 0 unspecified atom stereocenters. The number of carbonyl (C=O) groups excluding carboxylic acids is 1. The van der Waals surface area contributed by atoms with Crippen LogP contribution in [0.1, 0.15) is 16.8 Å². The van der Waals surface area contributed by atoms with E-state index in [0.29, 0.717) is 18.0 Å². The molecule has 1 amide bonds.